The van der Waals surface area contributed by atoms with E-state index in [1.165, 1.54) is 5.56 Å². The van der Waals surface area contributed by atoms with Gasteiger partial charge in [0, 0.05) is 30.7 Å². The molecule has 3 aromatic rings. The van der Waals surface area contributed by atoms with Crippen LogP contribution in [0.4, 0.5) is 11.5 Å². The summed E-state index contributed by atoms with van der Waals surface area (Å²) in [7, 11) is 1.68. The van der Waals surface area contributed by atoms with E-state index in [9.17, 15) is 4.79 Å². The van der Waals surface area contributed by atoms with E-state index >= 15 is 0 Å². The molecule has 0 spiro atoms. The van der Waals surface area contributed by atoms with Crippen LogP contribution < -0.4 is 21.5 Å². The standard InChI is InChI=1S/C22H26N6O2/c1-30-16-4-2-3-14-11-15(26-17(14)16)18-19-20(23)25-9-10-28(19)22(27-18)13-7-5-12(6-8-13)21(24)29/h2-4,9-10,12-13,15,26H,5-8,11H2,1H3,(H2,23,25)(H2,24,29)/t12-,13-,15?. The molecule has 0 saturated heterocycles. The van der Waals surface area contributed by atoms with Crippen molar-refractivity contribution < 1.29 is 9.53 Å². The average Bonchev–Trinajstić information content (AvgIpc) is 3.36. The van der Waals surface area contributed by atoms with Crippen LogP contribution in [-0.2, 0) is 11.2 Å². The van der Waals surface area contributed by atoms with E-state index in [0.717, 1.165) is 60.6 Å². The van der Waals surface area contributed by atoms with Gasteiger partial charge in [0.05, 0.1) is 24.5 Å². The second-order valence-corrected chi connectivity index (χ2v) is 8.23. The van der Waals surface area contributed by atoms with Crippen molar-refractivity contribution >= 4 is 22.9 Å². The van der Waals surface area contributed by atoms with E-state index in [-0.39, 0.29) is 23.8 Å². The first kappa shape index (κ1) is 18.7. The van der Waals surface area contributed by atoms with Crippen LogP contribution in [0.5, 0.6) is 5.75 Å². The summed E-state index contributed by atoms with van der Waals surface area (Å²) in [6.07, 6.45) is 7.83. The van der Waals surface area contributed by atoms with Crippen LogP contribution in [0.3, 0.4) is 0 Å². The molecule has 0 bridgehead atoms. The number of nitrogens with one attached hydrogen (secondary N) is 1. The lowest BCUT2D eigenvalue weighted by atomic mass is 9.81. The number of amides is 1. The summed E-state index contributed by atoms with van der Waals surface area (Å²) in [6, 6.07) is 6.06. The highest BCUT2D eigenvalue weighted by Gasteiger charge is 2.33. The SMILES string of the molecule is COc1cccc2c1NC(c1nc([C@H]3CC[C@H](C(N)=O)CC3)n3ccnc(N)c13)C2. The highest BCUT2D eigenvalue weighted by Crippen LogP contribution is 2.43. The lowest BCUT2D eigenvalue weighted by Crippen LogP contribution is -2.27. The summed E-state index contributed by atoms with van der Waals surface area (Å²) in [5.41, 5.74) is 15.8. The van der Waals surface area contributed by atoms with Crippen LogP contribution >= 0.6 is 0 Å². The van der Waals surface area contributed by atoms with Gasteiger partial charge >= 0.3 is 0 Å². The van der Waals surface area contributed by atoms with E-state index in [1.54, 1.807) is 13.3 Å². The number of nitrogens with zero attached hydrogens (tertiary/aromatic N) is 3. The zero-order valence-electron chi connectivity index (χ0n) is 17.0. The second-order valence-electron chi connectivity index (χ2n) is 8.23. The van der Waals surface area contributed by atoms with Gasteiger partial charge in [0.2, 0.25) is 5.91 Å². The van der Waals surface area contributed by atoms with Crippen molar-refractivity contribution in [1.82, 2.24) is 14.4 Å². The molecule has 0 radical (unpaired) electrons. The summed E-state index contributed by atoms with van der Waals surface area (Å²) in [6.45, 7) is 0. The molecule has 2 aromatic heterocycles. The van der Waals surface area contributed by atoms with Crippen LogP contribution in [0.2, 0.25) is 0 Å². The Labute approximate surface area is 174 Å². The van der Waals surface area contributed by atoms with Crippen LogP contribution in [0.25, 0.3) is 5.52 Å². The maximum atomic E-state index is 11.6. The van der Waals surface area contributed by atoms with Crippen molar-refractivity contribution in [3.8, 4) is 5.75 Å². The molecular weight excluding hydrogens is 380 g/mol. The van der Waals surface area contributed by atoms with Gasteiger partial charge < -0.3 is 21.5 Å². The van der Waals surface area contributed by atoms with Crippen molar-refractivity contribution in [2.45, 2.75) is 44.1 Å². The van der Waals surface area contributed by atoms with Crippen molar-refractivity contribution in [3.63, 3.8) is 0 Å². The van der Waals surface area contributed by atoms with E-state index in [2.05, 4.69) is 20.8 Å². The number of imidazole rings is 1. The zero-order valence-corrected chi connectivity index (χ0v) is 17.0. The first-order chi connectivity index (χ1) is 14.6. The van der Waals surface area contributed by atoms with Crippen molar-refractivity contribution in [3.05, 3.63) is 47.7 Å². The molecule has 5 rings (SSSR count). The maximum absolute atomic E-state index is 11.6. The molecule has 1 unspecified atom stereocenters. The van der Waals surface area contributed by atoms with Crippen molar-refractivity contribution in [2.75, 3.05) is 18.2 Å². The number of nitrogen functional groups attached to an aromatic ring is 1. The number of carbonyl (C=O) groups is 1. The fourth-order valence-electron chi connectivity index (χ4n) is 4.97. The fourth-order valence-corrected chi connectivity index (χ4v) is 4.97. The summed E-state index contributed by atoms with van der Waals surface area (Å²) < 4.78 is 7.60. The number of anilines is 2. The van der Waals surface area contributed by atoms with Gasteiger partial charge in [-0.2, -0.15) is 0 Å². The molecule has 5 N–H and O–H groups in total. The molecule has 1 saturated carbocycles. The first-order valence-electron chi connectivity index (χ1n) is 10.4. The Morgan fingerprint density at radius 2 is 2.07 bits per heavy atom. The molecule has 30 heavy (non-hydrogen) atoms. The van der Waals surface area contributed by atoms with E-state index in [0.29, 0.717) is 5.82 Å². The summed E-state index contributed by atoms with van der Waals surface area (Å²) >= 11 is 0. The van der Waals surface area contributed by atoms with Gasteiger partial charge in [0.25, 0.3) is 0 Å². The molecule has 1 aliphatic heterocycles. The van der Waals surface area contributed by atoms with Gasteiger partial charge in [0.1, 0.15) is 22.9 Å². The summed E-state index contributed by atoms with van der Waals surface area (Å²) in [5.74, 6) is 2.33. The van der Waals surface area contributed by atoms with E-state index in [4.69, 9.17) is 21.2 Å². The van der Waals surface area contributed by atoms with Gasteiger partial charge in [0.15, 0.2) is 0 Å². The highest BCUT2D eigenvalue weighted by molar-refractivity contribution is 5.77. The number of primary amides is 1. The smallest absolute Gasteiger partial charge is 0.220 e. The van der Waals surface area contributed by atoms with E-state index < -0.39 is 0 Å². The van der Waals surface area contributed by atoms with Gasteiger partial charge in [-0.05, 0) is 37.3 Å². The van der Waals surface area contributed by atoms with Gasteiger partial charge in [-0.1, -0.05) is 12.1 Å². The Balaban J connectivity index is 1.52. The van der Waals surface area contributed by atoms with Gasteiger partial charge in [-0.3, -0.25) is 9.20 Å². The molecule has 3 heterocycles. The molecule has 1 aromatic carbocycles. The minimum Gasteiger partial charge on any atom is -0.495 e. The number of ether oxygens (including phenoxy) is 1. The van der Waals surface area contributed by atoms with E-state index in [1.807, 2.05) is 18.3 Å². The number of hydrogen-bond acceptors (Lipinski definition) is 6. The Morgan fingerprint density at radius 3 is 2.80 bits per heavy atom. The minimum atomic E-state index is -0.197. The molecule has 156 valence electrons. The molecule has 8 nitrogen and oxygen atoms in total. The van der Waals surface area contributed by atoms with Gasteiger partial charge in [-0.15, -0.1) is 0 Å². The number of methoxy groups -OCH3 is 1. The zero-order chi connectivity index (χ0) is 20.8. The fraction of sp³-hybridized carbons (Fsp3) is 0.409. The summed E-state index contributed by atoms with van der Waals surface area (Å²) in [5, 5.41) is 3.58. The Hall–Kier alpha value is -3.29. The van der Waals surface area contributed by atoms with Crippen molar-refractivity contribution in [2.24, 2.45) is 11.7 Å². The Kier molecular flexibility index (Phi) is 4.49. The number of benzene rings is 1. The lowest BCUT2D eigenvalue weighted by molar-refractivity contribution is -0.122. The molecule has 2 aliphatic rings. The number of rotatable bonds is 4. The quantitative estimate of drug-likeness (QED) is 0.613. The average molecular weight is 406 g/mol. The molecule has 1 fully saturated rings. The number of hydrogen-bond donors (Lipinski definition) is 3. The van der Waals surface area contributed by atoms with Crippen LogP contribution in [-0.4, -0.2) is 27.4 Å². The molecule has 1 aliphatic carbocycles. The normalized spacial score (nSPS) is 23.2. The minimum absolute atomic E-state index is 0.00601. The van der Waals surface area contributed by atoms with Crippen LogP contribution in [0.15, 0.2) is 30.6 Å². The highest BCUT2D eigenvalue weighted by atomic mass is 16.5. The monoisotopic (exact) mass is 406 g/mol. The molecule has 1 amide bonds. The number of carbonyl (C=O) groups excluding carboxylic acids is 1. The number of nitrogens with two attached hydrogens (primary N) is 2. The molecule has 8 heteroatoms. The predicted octanol–water partition coefficient (Wildman–Crippen LogP) is 2.79. The summed E-state index contributed by atoms with van der Waals surface area (Å²) in [4.78, 5) is 21.0. The predicted molar refractivity (Wildman–Crippen MR) is 114 cm³/mol. The van der Waals surface area contributed by atoms with Crippen LogP contribution in [0, 0.1) is 5.92 Å². The number of para-hydroxylation sites is 1. The maximum Gasteiger partial charge on any atom is 0.220 e. The Bertz CT molecular complexity index is 1120. The molecular formula is C22H26N6O2. The number of fused-ring (bicyclic) bond motifs is 2. The number of aromatic nitrogens is 3. The molecule has 1 atom stereocenters. The first-order valence-corrected chi connectivity index (χ1v) is 10.4. The Morgan fingerprint density at radius 1 is 1.27 bits per heavy atom. The van der Waals surface area contributed by atoms with Crippen LogP contribution in [0.1, 0.15) is 54.7 Å². The third-order valence-corrected chi connectivity index (χ3v) is 6.54. The van der Waals surface area contributed by atoms with Crippen molar-refractivity contribution in [1.29, 1.82) is 0 Å². The second kappa shape index (κ2) is 7.19. The largest absolute Gasteiger partial charge is 0.495 e. The topological polar surface area (TPSA) is 121 Å². The third kappa shape index (κ3) is 2.94. The van der Waals surface area contributed by atoms with Gasteiger partial charge in [-0.25, -0.2) is 9.97 Å². The third-order valence-electron chi connectivity index (χ3n) is 6.54. The lowest BCUT2D eigenvalue weighted by Gasteiger charge is -2.25.